The van der Waals surface area contributed by atoms with E-state index in [1.165, 1.54) is 7.11 Å². The molecule has 1 saturated heterocycles. The first-order valence-electron chi connectivity index (χ1n) is 7.40. The Bertz CT molecular complexity index is 562. The third kappa shape index (κ3) is 4.08. The highest BCUT2D eigenvalue weighted by molar-refractivity contribution is 9.10. The zero-order valence-electron chi connectivity index (χ0n) is 12.9. The first kappa shape index (κ1) is 17.0. The first-order valence-corrected chi connectivity index (χ1v) is 8.19. The van der Waals surface area contributed by atoms with Crippen LogP contribution in [0.5, 0.6) is 5.75 Å². The highest BCUT2D eigenvalue weighted by atomic mass is 79.9. The van der Waals surface area contributed by atoms with Crippen LogP contribution in [0.15, 0.2) is 22.7 Å². The van der Waals surface area contributed by atoms with Gasteiger partial charge in [-0.3, -0.25) is 9.59 Å². The Labute approximate surface area is 139 Å². The van der Waals surface area contributed by atoms with Crippen LogP contribution in [0.1, 0.15) is 30.1 Å². The molecule has 1 heterocycles. The Morgan fingerprint density at radius 1 is 1.41 bits per heavy atom. The number of rotatable bonds is 5. The van der Waals surface area contributed by atoms with Crippen LogP contribution in [0.2, 0.25) is 0 Å². The van der Waals surface area contributed by atoms with Gasteiger partial charge in [0.05, 0.1) is 12.7 Å². The zero-order valence-corrected chi connectivity index (χ0v) is 14.5. The second kappa shape index (κ2) is 7.74. The van der Waals surface area contributed by atoms with Crippen molar-refractivity contribution in [2.24, 2.45) is 0 Å². The number of nitrogens with one attached hydrogen (secondary N) is 1. The van der Waals surface area contributed by atoms with Crippen LogP contribution in [0.3, 0.4) is 0 Å². The zero-order chi connectivity index (χ0) is 16.1. The number of hydrogen-bond acceptors (Lipinski definition) is 4. The fourth-order valence-corrected chi connectivity index (χ4v) is 2.97. The molecule has 1 aliphatic heterocycles. The van der Waals surface area contributed by atoms with E-state index in [0.717, 1.165) is 17.6 Å². The van der Waals surface area contributed by atoms with E-state index < -0.39 is 0 Å². The van der Waals surface area contributed by atoms with Gasteiger partial charge in [-0.2, -0.15) is 0 Å². The predicted molar refractivity (Wildman–Crippen MR) is 88.3 cm³/mol. The minimum Gasteiger partial charge on any atom is -0.496 e. The van der Waals surface area contributed by atoms with E-state index in [0.29, 0.717) is 17.9 Å². The van der Waals surface area contributed by atoms with Crippen LogP contribution in [0.25, 0.3) is 0 Å². The van der Waals surface area contributed by atoms with Crippen molar-refractivity contribution in [1.82, 2.24) is 10.2 Å². The molecule has 0 aliphatic carbocycles. The summed E-state index contributed by atoms with van der Waals surface area (Å²) in [5, 5.41) is 3.25. The number of nitrogens with zero attached hydrogens (tertiary/aromatic N) is 1. The van der Waals surface area contributed by atoms with Crippen LogP contribution < -0.4 is 10.1 Å². The Kier molecular flexibility index (Phi) is 5.97. The van der Waals surface area contributed by atoms with E-state index >= 15 is 0 Å². The summed E-state index contributed by atoms with van der Waals surface area (Å²) in [5.74, 6) is 0.502. The molecule has 1 amide bonds. The average molecular weight is 369 g/mol. The fourth-order valence-electron chi connectivity index (χ4n) is 2.61. The number of methoxy groups -OCH3 is 1. The molecule has 0 spiro atoms. The van der Waals surface area contributed by atoms with Crippen molar-refractivity contribution in [2.45, 2.75) is 25.8 Å². The highest BCUT2D eigenvalue weighted by Gasteiger charge is 2.23. The van der Waals surface area contributed by atoms with Gasteiger partial charge in [-0.1, -0.05) is 15.9 Å². The van der Waals surface area contributed by atoms with E-state index in [-0.39, 0.29) is 30.6 Å². The van der Waals surface area contributed by atoms with Gasteiger partial charge in [-0.05, 0) is 25.1 Å². The van der Waals surface area contributed by atoms with Gasteiger partial charge in [0.15, 0.2) is 5.78 Å². The minimum absolute atomic E-state index is 0.0383. The summed E-state index contributed by atoms with van der Waals surface area (Å²) in [6.45, 7) is 4.33. The molecule has 6 heteroatoms. The van der Waals surface area contributed by atoms with Gasteiger partial charge in [0.25, 0.3) is 0 Å². The first-order chi connectivity index (χ1) is 10.5. The topological polar surface area (TPSA) is 58.6 Å². The lowest BCUT2D eigenvalue weighted by Crippen LogP contribution is -2.52. The maximum Gasteiger partial charge on any atom is 0.223 e. The molecule has 5 nitrogen and oxygen atoms in total. The summed E-state index contributed by atoms with van der Waals surface area (Å²) in [6.07, 6.45) is 0.432. The standard InChI is InChI=1S/C16H21BrN2O3/c1-11-10-18-7-8-19(11)16(21)6-4-14(20)13-9-12(17)3-5-15(13)22-2/h3,5,9,11,18H,4,6-8,10H2,1-2H3/t11-/m0/s1. The molecule has 1 aliphatic rings. The van der Waals surface area contributed by atoms with E-state index in [9.17, 15) is 9.59 Å². The van der Waals surface area contributed by atoms with Gasteiger partial charge in [-0.25, -0.2) is 0 Å². The molecular weight excluding hydrogens is 348 g/mol. The Balaban J connectivity index is 1.98. The molecule has 0 bridgehead atoms. The van der Waals surface area contributed by atoms with Crippen molar-refractivity contribution in [1.29, 1.82) is 0 Å². The van der Waals surface area contributed by atoms with Gasteiger partial charge in [0, 0.05) is 43.0 Å². The van der Waals surface area contributed by atoms with Gasteiger partial charge < -0.3 is 15.0 Å². The van der Waals surface area contributed by atoms with Crippen LogP contribution in [-0.2, 0) is 4.79 Å². The normalized spacial score (nSPS) is 18.1. The number of amides is 1. The molecule has 0 aromatic heterocycles. The van der Waals surface area contributed by atoms with Gasteiger partial charge in [0.2, 0.25) is 5.91 Å². The SMILES string of the molecule is COc1ccc(Br)cc1C(=O)CCC(=O)N1CCNC[C@@H]1C. The quantitative estimate of drug-likeness (QED) is 0.809. The maximum absolute atomic E-state index is 12.4. The molecule has 1 aromatic carbocycles. The van der Waals surface area contributed by atoms with Crippen LogP contribution in [0.4, 0.5) is 0 Å². The lowest BCUT2D eigenvalue weighted by Gasteiger charge is -2.34. The number of ketones is 1. The van der Waals surface area contributed by atoms with Crippen molar-refractivity contribution in [3.8, 4) is 5.75 Å². The largest absolute Gasteiger partial charge is 0.496 e. The number of piperazine rings is 1. The number of Topliss-reactive ketones (excluding diaryl/α,β-unsaturated/α-hetero) is 1. The third-order valence-corrected chi connectivity index (χ3v) is 4.34. The van der Waals surface area contributed by atoms with Crippen molar-refractivity contribution in [3.63, 3.8) is 0 Å². The molecule has 2 rings (SSSR count). The second-order valence-electron chi connectivity index (χ2n) is 5.41. The summed E-state index contributed by atoms with van der Waals surface area (Å²) < 4.78 is 6.03. The average Bonchev–Trinajstić information content (AvgIpc) is 2.52. The van der Waals surface area contributed by atoms with Crippen molar-refractivity contribution in [2.75, 3.05) is 26.7 Å². The molecule has 0 saturated carbocycles. The number of hydrogen-bond donors (Lipinski definition) is 1. The van der Waals surface area contributed by atoms with Gasteiger partial charge in [0.1, 0.15) is 5.75 Å². The number of carbonyl (C=O) groups is 2. The number of ether oxygens (including phenoxy) is 1. The molecule has 0 unspecified atom stereocenters. The molecule has 22 heavy (non-hydrogen) atoms. The molecule has 1 atom stereocenters. The lowest BCUT2D eigenvalue weighted by atomic mass is 10.0. The van der Waals surface area contributed by atoms with E-state index in [1.54, 1.807) is 12.1 Å². The van der Waals surface area contributed by atoms with Crippen molar-refractivity contribution >= 4 is 27.6 Å². The number of benzene rings is 1. The van der Waals surface area contributed by atoms with Crippen LogP contribution in [-0.4, -0.2) is 49.4 Å². The van der Waals surface area contributed by atoms with Crippen molar-refractivity contribution < 1.29 is 14.3 Å². The number of carbonyl (C=O) groups excluding carboxylic acids is 2. The fraction of sp³-hybridized carbons (Fsp3) is 0.500. The van der Waals surface area contributed by atoms with E-state index in [4.69, 9.17) is 4.74 Å². The monoisotopic (exact) mass is 368 g/mol. The highest BCUT2D eigenvalue weighted by Crippen LogP contribution is 2.24. The Morgan fingerprint density at radius 2 is 2.18 bits per heavy atom. The third-order valence-electron chi connectivity index (χ3n) is 3.85. The molecular formula is C16H21BrN2O3. The summed E-state index contributed by atoms with van der Waals surface area (Å²) in [7, 11) is 1.54. The van der Waals surface area contributed by atoms with Crippen LogP contribution >= 0.6 is 15.9 Å². The number of halogens is 1. The second-order valence-corrected chi connectivity index (χ2v) is 6.32. The van der Waals surface area contributed by atoms with E-state index in [1.807, 2.05) is 17.9 Å². The van der Waals surface area contributed by atoms with Crippen molar-refractivity contribution in [3.05, 3.63) is 28.2 Å². The lowest BCUT2D eigenvalue weighted by molar-refractivity contribution is -0.133. The molecule has 1 N–H and O–H groups in total. The summed E-state index contributed by atoms with van der Waals surface area (Å²) >= 11 is 3.35. The van der Waals surface area contributed by atoms with E-state index in [2.05, 4.69) is 21.2 Å². The molecule has 0 radical (unpaired) electrons. The maximum atomic E-state index is 12.4. The Morgan fingerprint density at radius 3 is 2.86 bits per heavy atom. The van der Waals surface area contributed by atoms with Gasteiger partial charge >= 0.3 is 0 Å². The van der Waals surface area contributed by atoms with Gasteiger partial charge in [-0.15, -0.1) is 0 Å². The molecule has 1 fully saturated rings. The molecule has 120 valence electrons. The smallest absolute Gasteiger partial charge is 0.223 e. The summed E-state index contributed by atoms with van der Waals surface area (Å²) in [4.78, 5) is 26.5. The molecule has 1 aromatic rings. The predicted octanol–water partition coefficient (Wildman–Crippen LogP) is 2.24. The van der Waals surface area contributed by atoms with Crippen LogP contribution in [0, 0.1) is 0 Å². The summed E-state index contributed by atoms with van der Waals surface area (Å²) in [5.41, 5.74) is 0.512. The minimum atomic E-state index is -0.0747. The summed E-state index contributed by atoms with van der Waals surface area (Å²) in [6, 6.07) is 5.48. The Hall–Kier alpha value is -1.40.